The van der Waals surface area contributed by atoms with Gasteiger partial charge < -0.3 is 10.8 Å². The summed E-state index contributed by atoms with van der Waals surface area (Å²) in [5.41, 5.74) is 4.60. The maximum Gasteiger partial charge on any atom is 0.300 e. The molecule has 0 bridgehead atoms. The van der Waals surface area contributed by atoms with Crippen LogP contribution >= 0.6 is 0 Å². The minimum atomic E-state index is -5.40. The molecule has 0 atom stereocenters. The predicted molar refractivity (Wildman–Crippen MR) is 120 cm³/mol. The van der Waals surface area contributed by atoms with Gasteiger partial charge in [-0.1, -0.05) is 12.1 Å². The largest absolute Gasteiger partial charge is 0.506 e. The molecule has 0 aliphatic carbocycles. The van der Waals surface area contributed by atoms with E-state index in [0.29, 0.717) is 11.1 Å². The van der Waals surface area contributed by atoms with Crippen molar-refractivity contribution in [1.29, 1.82) is 0 Å². The van der Waals surface area contributed by atoms with Crippen molar-refractivity contribution < 1.29 is 44.0 Å². The van der Waals surface area contributed by atoms with Crippen molar-refractivity contribution in [3.8, 4) is 5.75 Å². The summed E-state index contributed by atoms with van der Waals surface area (Å²) in [5.74, 6) is -1.15. The van der Waals surface area contributed by atoms with E-state index in [1.54, 1.807) is 6.92 Å². The van der Waals surface area contributed by atoms with Gasteiger partial charge in [-0.25, -0.2) is 0 Å². The summed E-state index contributed by atoms with van der Waals surface area (Å²) in [4.78, 5) is -3.39. The van der Waals surface area contributed by atoms with E-state index in [0.717, 1.165) is 18.2 Å². The zero-order chi connectivity index (χ0) is 25.8. The number of nitrogens with zero attached hydrogens (tertiary/aromatic N) is 2. The van der Waals surface area contributed by atoms with Gasteiger partial charge in [0.15, 0.2) is 4.90 Å². The normalized spacial score (nSPS) is 13.1. The average molecular weight is 532 g/mol. The van der Waals surface area contributed by atoms with Crippen molar-refractivity contribution in [3.05, 3.63) is 41.5 Å². The minimum absolute atomic E-state index is 0.316. The molecule has 16 heteroatoms. The highest BCUT2D eigenvalue weighted by Gasteiger charge is 2.33. The number of azo groups is 1. The molecule has 3 aromatic rings. The molecule has 6 N–H and O–H groups in total. The molecule has 182 valence electrons. The summed E-state index contributed by atoms with van der Waals surface area (Å²) in [6.07, 6.45) is 0. The van der Waals surface area contributed by atoms with Crippen molar-refractivity contribution in [1.82, 2.24) is 0 Å². The molecule has 34 heavy (non-hydrogen) atoms. The van der Waals surface area contributed by atoms with Crippen molar-refractivity contribution in [2.75, 3.05) is 5.73 Å². The Bertz CT molecular complexity index is 1710. The number of phenolic OH excluding ortho intramolecular Hbond substituents is 1. The lowest BCUT2D eigenvalue weighted by atomic mass is 10.1. The number of nitrogen functional groups attached to an aromatic ring is 1. The van der Waals surface area contributed by atoms with Gasteiger partial charge in [0.05, 0.1) is 0 Å². The molecule has 0 aliphatic heterocycles. The SMILES string of the molecule is Cc1cc(N=Nc2c(S(=O)(=O)O)c(O)c3cccc(N)c3c2S(=O)(=O)O)c(S(=O)(=O)O)cc1C. The van der Waals surface area contributed by atoms with Crippen molar-refractivity contribution in [3.63, 3.8) is 0 Å². The average Bonchev–Trinajstić information content (AvgIpc) is 2.66. The molecule has 0 radical (unpaired) electrons. The van der Waals surface area contributed by atoms with Gasteiger partial charge in [-0.05, 0) is 43.2 Å². The Kier molecular flexibility index (Phi) is 6.19. The molecule has 0 heterocycles. The Balaban J connectivity index is 2.57. The monoisotopic (exact) mass is 531 g/mol. The zero-order valence-electron chi connectivity index (χ0n) is 17.3. The predicted octanol–water partition coefficient (Wildman–Crippen LogP) is 2.90. The van der Waals surface area contributed by atoms with Crippen LogP contribution in [0.2, 0.25) is 0 Å². The van der Waals surface area contributed by atoms with Gasteiger partial charge in [-0.3, -0.25) is 13.7 Å². The lowest BCUT2D eigenvalue weighted by Crippen LogP contribution is -2.07. The molecule has 0 spiro atoms. The molecule has 0 aliphatic rings. The van der Waals surface area contributed by atoms with Gasteiger partial charge in [0.1, 0.15) is 26.9 Å². The minimum Gasteiger partial charge on any atom is -0.506 e. The highest BCUT2D eigenvalue weighted by Crippen LogP contribution is 2.47. The summed E-state index contributed by atoms with van der Waals surface area (Å²) in [7, 11) is -15.6. The smallest absolute Gasteiger partial charge is 0.300 e. The number of hydrogen-bond acceptors (Lipinski definition) is 10. The van der Waals surface area contributed by atoms with Crippen LogP contribution in [-0.4, -0.2) is 44.0 Å². The van der Waals surface area contributed by atoms with E-state index in [2.05, 4.69) is 10.2 Å². The number of anilines is 1. The van der Waals surface area contributed by atoms with Crippen molar-refractivity contribution in [2.45, 2.75) is 28.5 Å². The number of aromatic hydroxyl groups is 1. The number of rotatable bonds is 5. The molecule has 0 unspecified atom stereocenters. The Morgan fingerprint density at radius 1 is 0.794 bits per heavy atom. The van der Waals surface area contributed by atoms with Crippen LogP contribution in [0.15, 0.2) is 55.2 Å². The number of fused-ring (bicyclic) bond motifs is 1. The maximum absolute atomic E-state index is 12.3. The molecule has 0 saturated heterocycles. The molecule has 13 nitrogen and oxygen atoms in total. The van der Waals surface area contributed by atoms with E-state index in [9.17, 15) is 44.0 Å². The second kappa shape index (κ2) is 8.26. The second-order valence-electron chi connectivity index (χ2n) is 7.15. The Labute approximate surface area is 193 Å². The lowest BCUT2D eigenvalue weighted by molar-refractivity contribution is 0.447. The number of nitrogens with two attached hydrogens (primary N) is 1. The number of hydrogen-bond donors (Lipinski definition) is 5. The first kappa shape index (κ1) is 25.5. The number of benzene rings is 3. The zero-order valence-corrected chi connectivity index (χ0v) is 19.8. The van der Waals surface area contributed by atoms with E-state index in [1.807, 2.05) is 0 Å². The summed E-state index contributed by atoms with van der Waals surface area (Å²) in [5, 5.41) is 16.6. The first-order valence-corrected chi connectivity index (χ1v) is 13.3. The summed E-state index contributed by atoms with van der Waals surface area (Å²) < 4.78 is 101. The summed E-state index contributed by atoms with van der Waals surface area (Å²) in [6.45, 7) is 3.08. The van der Waals surface area contributed by atoms with E-state index in [1.165, 1.54) is 19.1 Å². The van der Waals surface area contributed by atoms with Crippen LogP contribution in [0, 0.1) is 13.8 Å². The molecule has 3 rings (SSSR count). The van der Waals surface area contributed by atoms with E-state index >= 15 is 0 Å². The van der Waals surface area contributed by atoms with Gasteiger partial charge in [0.25, 0.3) is 20.2 Å². The summed E-state index contributed by atoms with van der Waals surface area (Å²) in [6, 6.07) is 5.70. The maximum atomic E-state index is 12.3. The fourth-order valence-electron chi connectivity index (χ4n) is 3.23. The molecule has 0 amide bonds. The Morgan fingerprint density at radius 2 is 1.35 bits per heavy atom. The Hall–Kier alpha value is -3.15. The summed E-state index contributed by atoms with van der Waals surface area (Å²) >= 11 is 0. The third-order valence-corrected chi connectivity index (χ3v) is 7.55. The number of aryl methyl sites for hydroxylation is 2. The molecule has 0 aromatic heterocycles. The van der Waals surface area contributed by atoms with E-state index in [-0.39, 0.29) is 5.69 Å². The van der Waals surface area contributed by atoms with Crippen LogP contribution in [0.1, 0.15) is 11.1 Å². The molecule has 0 saturated carbocycles. The van der Waals surface area contributed by atoms with Crippen LogP contribution in [0.4, 0.5) is 17.1 Å². The van der Waals surface area contributed by atoms with Crippen molar-refractivity contribution in [2.24, 2.45) is 10.2 Å². The van der Waals surface area contributed by atoms with Crippen LogP contribution in [-0.2, 0) is 30.4 Å². The first-order chi connectivity index (χ1) is 15.4. The third kappa shape index (κ3) is 4.59. The topological polar surface area (TPSA) is 234 Å². The fourth-order valence-corrected chi connectivity index (χ4v) is 5.60. The van der Waals surface area contributed by atoms with Gasteiger partial charge in [-0.2, -0.15) is 25.3 Å². The first-order valence-electron chi connectivity index (χ1n) is 8.97. The molecular formula is C18H17N3O10S3. The van der Waals surface area contributed by atoms with Gasteiger partial charge in [0.2, 0.25) is 0 Å². The number of phenols is 1. The fraction of sp³-hybridized carbons (Fsp3) is 0.111. The van der Waals surface area contributed by atoms with Crippen LogP contribution in [0.25, 0.3) is 10.8 Å². The second-order valence-corrected chi connectivity index (χ2v) is 11.3. The van der Waals surface area contributed by atoms with Crippen LogP contribution < -0.4 is 5.73 Å². The lowest BCUT2D eigenvalue weighted by Gasteiger charge is -2.15. The molecule has 3 aromatic carbocycles. The van der Waals surface area contributed by atoms with Gasteiger partial charge >= 0.3 is 10.1 Å². The van der Waals surface area contributed by atoms with E-state index in [4.69, 9.17) is 5.73 Å². The van der Waals surface area contributed by atoms with Crippen LogP contribution in [0.5, 0.6) is 5.75 Å². The molecule has 0 fully saturated rings. The van der Waals surface area contributed by atoms with Gasteiger partial charge in [-0.15, -0.1) is 10.2 Å². The van der Waals surface area contributed by atoms with Crippen LogP contribution in [0.3, 0.4) is 0 Å². The highest BCUT2D eigenvalue weighted by atomic mass is 32.2. The van der Waals surface area contributed by atoms with E-state index < -0.39 is 72.9 Å². The van der Waals surface area contributed by atoms with Gasteiger partial charge in [0, 0.05) is 16.5 Å². The van der Waals surface area contributed by atoms with Crippen molar-refractivity contribution >= 4 is 58.2 Å². The molecular weight excluding hydrogens is 514 g/mol. The Morgan fingerprint density at radius 3 is 1.88 bits per heavy atom. The quantitative estimate of drug-likeness (QED) is 0.182. The standard InChI is InChI=1S/C18H17N3O10S3/c1-8-6-12(13(7-9(8)2)32(23,24)25)20-21-15-17(33(26,27)28)14-10(4-3-5-11(14)19)16(22)18(15)34(29,30)31/h3-7,22H,19H2,1-2H3,(H,23,24,25)(H,26,27,28)(H,29,30,31). The highest BCUT2D eigenvalue weighted by molar-refractivity contribution is 7.87. The third-order valence-electron chi connectivity index (χ3n) is 4.85.